The number of primary amides is 1. The molecule has 5 heteroatoms. The van der Waals surface area contributed by atoms with Gasteiger partial charge in [0.1, 0.15) is 5.75 Å². The number of nitrogens with zero attached hydrogens (tertiary/aromatic N) is 1. The van der Waals surface area contributed by atoms with Gasteiger partial charge in [0.25, 0.3) is 0 Å². The highest BCUT2D eigenvalue weighted by Crippen LogP contribution is 2.23. The van der Waals surface area contributed by atoms with E-state index in [-0.39, 0.29) is 0 Å². The van der Waals surface area contributed by atoms with Crippen molar-refractivity contribution in [3.05, 3.63) is 65.9 Å². The fraction of sp³-hybridized carbons (Fsp3) is 0.318. The molecule has 0 bridgehead atoms. The third kappa shape index (κ3) is 5.34. The molecule has 0 fully saturated rings. The van der Waals surface area contributed by atoms with Crippen LogP contribution < -0.4 is 15.8 Å². The topological polar surface area (TPSA) is 69.3 Å². The Bertz CT molecular complexity index is 898. The Morgan fingerprint density at radius 1 is 1.11 bits per heavy atom. The summed E-state index contributed by atoms with van der Waals surface area (Å²) in [5.74, 6) is 1.19. The average Bonchev–Trinajstić information content (AvgIpc) is 3.01. The molecule has 3 aromatic rings. The summed E-state index contributed by atoms with van der Waals surface area (Å²) in [6.07, 6.45) is 2.44. The maximum atomic E-state index is 10.9. The summed E-state index contributed by atoms with van der Waals surface area (Å²) in [6, 6.07) is 16.3. The lowest BCUT2D eigenvalue weighted by atomic mass is 10.1. The number of aromatic nitrogens is 1. The number of fused-ring (bicyclic) bond motifs is 1. The van der Waals surface area contributed by atoms with Crippen LogP contribution in [0.1, 0.15) is 31.4 Å². The van der Waals surface area contributed by atoms with E-state index >= 15 is 0 Å². The molecule has 142 valence electrons. The number of rotatable bonds is 8. The van der Waals surface area contributed by atoms with Gasteiger partial charge in [0.2, 0.25) is 0 Å². The van der Waals surface area contributed by atoms with Crippen molar-refractivity contribution in [1.82, 2.24) is 9.88 Å². The van der Waals surface area contributed by atoms with E-state index < -0.39 is 6.09 Å². The fourth-order valence-electron chi connectivity index (χ4n) is 3.08. The Labute approximate surface area is 160 Å². The van der Waals surface area contributed by atoms with Gasteiger partial charge in [0.15, 0.2) is 0 Å². The van der Waals surface area contributed by atoms with Crippen molar-refractivity contribution in [2.75, 3.05) is 6.54 Å². The molecule has 0 spiro atoms. The molecule has 0 radical (unpaired) electrons. The zero-order valence-electron chi connectivity index (χ0n) is 15.9. The number of ether oxygens (including phenoxy) is 1. The van der Waals surface area contributed by atoms with Gasteiger partial charge in [-0.25, -0.2) is 4.79 Å². The molecule has 0 aliphatic carbocycles. The van der Waals surface area contributed by atoms with Crippen molar-refractivity contribution >= 4 is 17.0 Å². The molecule has 27 heavy (non-hydrogen) atoms. The molecule has 0 aliphatic rings. The predicted molar refractivity (Wildman–Crippen MR) is 109 cm³/mol. The predicted octanol–water partition coefficient (Wildman–Crippen LogP) is 4.28. The van der Waals surface area contributed by atoms with E-state index in [1.807, 2.05) is 24.4 Å². The van der Waals surface area contributed by atoms with Crippen molar-refractivity contribution in [3.8, 4) is 5.75 Å². The third-order valence-electron chi connectivity index (χ3n) is 4.56. The van der Waals surface area contributed by atoms with Crippen LogP contribution in [0.5, 0.6) is 5.75 Å². The van der Waals surface area contributed by atoms with E-state index in [1.165, 1.54) is 17.5 Å². The fourth-order valence-corrected chi connectivity index (χ4v) is 3.08. The molecular weight excluding hydrogens is 338 g/mol. The number of carbonyl (C=O) groups is 1. The van der Waals surface area contributed by atoms with Gasteiger partial charge in [0, 0.05) is 30.2 Å². The minimum Gasteiger partial charge on any atom is -0.410 e. The van der Waals surface area contributed by atoms with Gasteiger partial charge in [-0.2, -0.15) is 0 Å². The average molecular weight is 365 g/mol. The zero-order chi connectivity index (χ0) is 19.2. The summed E-state index contributed by atoms with van der Waals surface area (Å²) in [5, 5.41) is 4.50. The minimum absolute atomic E-state index is 0.460. The van der Waals surface area contributed by atoms with Gasteiger partial charge in [-0.3, -0.25) is 0 Å². The van der Waals surface area contributed by atoms with Crippen molar-refractivity contribution in [2.24, 2.45) is 11.7 Å². The monoisotopic (exact) mass is 365 g/mol. The van der Waals surface area contributed by atoms with Crippen molar-refractivity contribution in [1.29, 1.82) is 0 Å². The van der Waals surface area contributed by atoms with E-state index in [0.717, 1.165) is 36.5 Å². The minimum atomic E-state index is -0.799. The van der Waals surface area contributed by atoms with E-state index in [9.17, 15) is 4.79 Å². The van der Waals surface area contributed by atoms with E-state index in [4.69, 9.17) is 10.5 Å². The Kier molecular flexibility index (Phi) is 6.14. The van der Waals surface area contributed by atoms with Crippen molar-refractivity contribution in [3.63, 3.8) is 0 Å². The highest BCUT2D eigenvalue weighted by molar-refractivity contribution is 5.82. The lowest BCUT2D eigenvalue weighted by Gasteiger charge is -2.09. The second-order valence-corrected chi connectivity index (χ2v) is 7.26. The van der Waals surface area contributed by atoms with Crippen LogP contribution in [0.15, 0.2) is 54.7 Å². The van der Waals surface area contributed by atoms with Gasteiger partial charge < -0.3 is 20.4 Å². The number of benzene rings is 2. The molecule has 0 unspecified atom stereocenters. The SMILES string of the molecule is CC(C)CCNCc1ccc(Cn2ccc3cc(OC(N)=O)ccc32)cc1. The maximum absolute atomic E-state index is 10.9. The van der Waals surface area contributed by atoms with Crippen LogP contribution >= 0.6 is 0 Å². The maximum Gasteiger partial charge on any atom is 0.409 e. The van der Waals surface area contributed by atoms with Gasteiger partial charge in [-0.05, 0) is 54.3 Å². The first-order chi connectivity index (χ1) is 13.0. The van der Waals surface area contributed by atoms with E-state index in [0.29, 0.717) is 5.75 Å². The molecule has 1 aromatic heterocycles. The lowest BCUT2D eigenvalue weighted by molar-refractivity contribution is 0.211. The highest BCUT2D eigenvalue weighted by Gasteiger charge is 2.06. The highest BCUT2D eigenvalue weighted by atomic mass is 16.5. The van der Waals surface area contributed by atoms with Crippen LogP contribution in [0.3, 0.4) is 0 Å². The Hall–Kier alpha value is -2.79. The first-order valence-electron chi connectivity index (χ1n) is 9.36. The first-order valence-corrected chi connectivity index (χ1v) is 9.36. The van der Waals surface area contributed by atoms with Gasteiger partial charge in [0.05, 0.1) is 0 Å². The van der Waals surface area contributed by atoms with Crippen LogP contribution in [0.4, 0.5) is 4.79 Å². The van der Waals surface area contributed by atoms with Crippen molar-refractivity contribution < 1.29 is 9.53 Å². The molecule has 1 amide bonds. The Morgan fingerprint density at radius 2 is 1.85 bits per heavy atom. The van der Waals surface area contributed by atoms with Crippen LogP contribution in [0.25, 0.3) is 10.9 Å². The molecule has 5 nitrogen and oxygen atoms in total. The number of nitrogens with one attached hydrogen (secondary N) is 1. The summed E-state index contributed by atoms with van der Waals surface area (Å²) in [5.41, 5.74) is 8.70. The summed E-state index contributed by atoms with van der Waals surface area (Å²) in [7, 11) is 0. The third-order valence-corrected chi connectivity index (χ3v) is 4.56. The zero-order valence-corrected chi connectivity index (χ0v) is 15.9. The molecule has 0 saturated carbocycles. The Morgan fingerprint density at radius 3 is 2.56 bits per heavy atom. The second kappa shape index (κ2) is 8.73. The number of hydrogen-bond acceptors (Lipinski definition) is 3. The number of nitrogens with two attached hydrogens (primary N) is 1. The van der Waals surface area contributed by atoms with Crippen molar-refractivity contribution in [2.45, 2.75) is 33.4 Å². The second-order valence-electron chi connectivity index (χ2n) is 7.26. The molecular formula is C22H27N3O2. The summed E-state index contributed by atoms with van der Waals surface area (Å²) >= 11 is 0. The summed E-state index contributed by atoms with van der Waals surface area (Å²) in [4.78, 5) is 10.9. The molecule has 3 N–H and O–H groups in total. The van der Waals surface area contributed by atoms with E-state index in [2.05, 4.69) is 48.0 Å². The molecule has 3 rings (SSSR count). The number of amides is 1. The quantitative estimate of drug-likeness (QED) is 0.585. The lowest BCUT2D eigenvalue weighted by Crippen LogP contribution is -2.16. The smallest absolute Gasteiger partial charge is 0.409 e. The largest absolute Gasteiger partial charge is 0.410 e. The molecule has 2 aromatic carbocycles. The van der Waals surface area contributed by atoms with Crippen LogP contribution in [0, 0.1) is 5.92 Å². The summed E-state index contributed by atoms with van der Waals surface area (Å²) < 4.78 is 7.12. The van der Waals surface area contributed by atoms with Gasteiger partial charge in [-0.1, -0.05) is 38.1 Å². The van der Waals surface area contributed by atoms with Crippen LogP contribution in [-0.2, 0) is 13.1 Å². The number of carbonyl (C=O) groups excluding carboxylic acids is 1. The first kappa shape index (κ1) is 19.0. The normalized spacial score (nSPS) is 11.2. The summed E-state index contributed by atoms with van der Waals surface area (Å²) in [6.45, 7) is 7.24. The Balaban J connectivity index is 1.62. The van der Waals surface area contributed by atoms with E-state index in [1.54, 1.807) is 6.07 Å². The number of hydrogen-bond donors (Lipinski definition) is 2. The molecule has 0 saturated heterocycles. The molecule has 0 aliphatic heterocycles. The standard InChI is InChI=1S/C22H27N3O2/c1-16(2)9-11-24-14-17-3-5-18(6-4-17)15-25-12-10-19-13-20(27-22(23)26)7-8-21(19)25/h3-8,10,12-13,16,24H,9,11,14-15H2,1-2H3,(H2,23,26). The van der Waals surface area contributed by atoms with Gasteiger partial charge >= 0.3 is 6.09 Å². The van der Waals surface area contributed by atoms with Crippen LogP contribution in [0.2, 0.25) is 0 Å². The molecule has 1 heterocycles. The van der Waals surface area contributed by atoms with Gasteiger partial charge in [-0.15, -0.1) is 0 Å². The molecule has 0 atom stereocenters. The van der Waals surface area contributed by atoms with Crippen LogP contribution in [-0.4, -0.2) is 17.2 Å².